The lowest BCUT2D eigenvalue weighted by Gasteiger charge is -2.02. The second kappa shape index (κ2) is 3.79. The van der Waals surface area contributed by atoms with Gasteiger partial charge in [-0.1, -0.05) is 27.2 Å². The molecule has 0 aliphatic heterocycles. The first-order valence-electron chi connectivity index (χ1n) is 4.97. The fourth-order valence-electron chi connectivity index (χ4n) is 1.79. The Morgan fingerprint density at radius 1 is 1.25 bits per heavy atom. The van der Waals surface area contributed by atoms with Crippen LogP contribution in [0, 0.1) is 0 Å². The van der Waals surface area contributed by atoms with Gasteiger partial charge in [0.05, 0.1) is 12.7 Å². The third-order valence-electron chi connectivity index (χ3n) is 2.55. The molecule has 0 N–H and O–H groups in total. The van der Waals surface area contributed by atoms with E-state index in [2.05, 4.69) is 50.0 Å². The summed E-state index contributed by atoms with van der Waals surface area (Å²) in [4.78, 5) is 0. The van der Waals surface area contributed by atoms with Gasteiger partial charge in [0.25, 0.3) is 0 Å². The van der Waals surface area contributed by atoms with E-state index in [0.29, 0.717) is 6.54 Å². The lowest BCUT2D eigenvalue weighted by atomic mass is 10.2. The predicted molar refractivity (Wildman–Crippen MR) is 65.2 cm³/mol. The molecule has 0 aliphatic rings. The molecule has 16 heavy (non-hydrogen) atoms. The molecule has 0 fully saturated rings. The zero-order valence-electron chi connectivity index (χ0n) is 8.43. The summed E-state index contributed by atoms with van der Waals surface area (Å²) in [6.45, 7) is 0.708. The minimum Gasteiger partial charge on any atom is -0.359 e. The van der Waals surface area contributed by atoms with Gasteiger partial charge in [0.15, 0.2) is 5.76 Å². The van der Waals surface area contributed by atoms with Gasteiger partial charge >= 0.3 is 0 Å². The summed E-state index contributed by atoms with van der Waals surface area (Å²) in [5.41, 5.74) is 1.19. The molecule has 0 radical (unpaired) electrons. The minimum absolute atomic E-state index is 0.708. The molecule has 0 aliphatic carbocycles. The smallest absolute Gasteiger partial charge is 0.156 e. The van der Waals surface area contributed by atoms with E-state index in [0.717, 1.165) is 10.2 Å². The van der Waals surface area contributed by atoms with Crippen LogP contribution in [0.1, 0.15) is 5.76 Å². The SMILES string of the molecule is Brc1ccc2ccn(Cc3ccno3)c2c1. The second-order valence-electron chi connectivity index (χ2n) is 3.63. The van der Waals surface area contributed by atoms with Crippen LogP contribution < -0.4 is 0 Å². The monoisotopic (exact) mass is 276 g/mol. The van der Waals surface area contributed by atoms with E-state index in [9.17, 15) is 0 Å². The number of hydrogen-bond acceptors (Lipinski definition) is 2. The first-order valence-corrected chi connectivity index (χ1v) is 5.76. The molecule has 2 heterocycles. The summed E-state index contributed by atoms with van der Waals surface area (Å²) >= 11 is 3.48. The Morgan fingerprint density at radius 2 is 2.19 bits per heavy atom. The van der Waals surface area contributed by atoms with Gasteiger partial charge < -0.3 is 9.09 Å². The predicted octanol–water partition coefficient (Wildman–Crippen LogP) is 3.44. The molecular weight excluding hydrogens is 268 g/mol. The van der Waals surface area contributed by atoms with E-state index >= 15 is 0 Å². The fourth-order valence-corrected chi connectivity index (χ4v) is 2.14. The van der Waals surface area contributed by atoms with Crippen molar-refractivity contribution in [2.75, 3.05) is 0 Å². The second-order valence-corrected chi connectivity index (χ2v) is 4.54. The zero-order chi connectivity index (χ0) is 11.0. The van der Waals surface area contributed by atoms with Crippen LogP contribution in [0.4, 0.5) is 0 Å². The normalized spacial score (nSPS) is 11.1. The quantitative estimate of drug-likeness (QED) is 0.718. The van der Waals surface area contributed by atoms with Crippen molar-refractivity contribution in [3.8, 4) is 0 Å². The molecule has 4 heteroatoms. The number of fused-ring (bicyclic) bond motifs is 1. The van der Waals surface area contributed by atoms with Gasteiger partial charge in [-0.05, 0) is 23.6 Å². The lowest BCUT2D eigenvalue weighted by molar-refractivity contribution is 0.378. The number of rotatable bonds is 2. The largest absolute Gasteiger partial charge is 0.359 e. The Kier molecular flexibility index (Phi) is 2.29. The molecule has 0 saturated heterocycles. The highest BCUT2D eigenvalue weighted by molar-refractivity contribution is 9.10. The Hall–Kier alpha value is -1.55. The van der Waals surface area contributed by atoms with Crippen LogP contribution in [0.3, 0.4) is 0 Å². The molecule has 0 spiro atoms. The van der Waals surface area contributed by atoms with Crippen molar-refractivity contribution in [1.29, 1.82) is 0 Å². The van der Waals surface area contributed by atoms with Crippen molar-refractivity contribution in [1.82, 2.24) is 9.72 Å². The number of nitrogens with zero attached hydrogens (tertiary/aromatic N) is 2. The Bertz CT molecular complexity index is 613. The van der Waals surface area contributed by atoms with Crippen molar-refractivity contribution in [3.63, 3.8) is 0 Å². The Labute approximate surface area is 101 Å². The van der Waals surface area contributed by atoms with E-state index in [-0.39, 0.29) is 0 Å². The number of benzene rings is 1. The maximum absolute atomic E-state index is 5.10. The van der Waals surface area contributed by atoms with Gasteiger partial charge in [0, 0.05) is 22.3 Å². The third kappa shape index (κ3) is 1.65. The highest BCUT2D eigenvalue weighted by Gasteiger charge is 2.04. The lowest BCUT2D eigenvalue weighted by Crippen LogP contribution is -1.95. The average molecular weight is 277 g/mol. The van der Waals surface area contributed by atoms with Crippen molar-refractivity contribution in [2.24, 2.45) is 0 Å². The molecule has 0 unspecified atom stereocenters. The Balaban J connectivity index is 2.07. The van der Waals surface area contributed by atoms with Crippen molar-refractivity contribution in [2.45, 2.75) is 6.54 Å². The maximum atomic E-state index is 5.10. The summed E-state index contributed by atoms with van der Waals surface area (Å²) in [5.74, 6) is 0.859. The van der Waals surface area contributed by atoms with E-state index in [1.165, 1.54) is 10.9 Å². The minimum atomic E-state index is 0.708. The van der Waals surface area contributed by atoms with Crippen LogP contribution in [0.5, 0.6) is 0 Å². The van der Waals surface area contributed by atoms with E-state index in [4.69, 9.17) is 4.52 Å². The van der Waals surface area contributed by atoms with Gasteiger partial charge in [-0.25, -0.2) is 0 Å². The van der Waals surface area contributed by atoms with Crippen molar-refractivity contribution >= 4 is 26.8 Å². The molecule has 1 aromatic carbocycles. The number of hydrogen-bond donors (Lipinski definition) is 0. The molecule has 3 nitrogen and oxygen atoms in total. The van der Waals surface area contributed by atoms with Crippen molar-refractivity contribution < 1.29 is 4.52 Å². The highest BCUT2D eigenvalue weighted by atomic mass is 79.9. The van der Waals surface area contributed by atoms with Crippen LogP contribution in [0.15, 0.2) is 51.7 Å². The molecule has 3 rings (SSSR count). The molecule has 0 bridgehead atoms. The summed E-state index contributed by atoms with van der Waals surface area (Å²) in [5, 5.41) is 4.93. The van der Waals surface area contributed by atoms with Crippen LogP contribution in [-0.4, -0.2) is 9.72 Å². The van der Waals surface area contributed by atoms with Crippen molar-refractivity contribution in [3.05, 3.63) is 53.0 Å². The average Bonchev–Trinajstić information content (AvgIpc) is 2.90. The third-order valence-corrected chi connectivity index (χ3v) is 3.05. The molecule has 0 saturated carbocycles. The fraction of sp³-hybridized carbons (Fsp3) is 0.0833. The highest BCUT2D eigenvalue weighted by Crippen LogP contribution is 2.21. The summed E-state index contributed by atoms with van der Waals surface area (Å²) in [6.07, 6.45) is 3.72. The van der Waals surface area contributed by atoms with E-state index in [1.807, 2.05) is 12.1 Å². The number of halogens is 1. The standard InChI is InChI=1S/C12H9BrN2O/c13-10-2-1-9-4-6-15(12(9)7-10)8-11-3-5-14-16-11/h1-7H,8H2. The van der Waals surface area contributed by atoms with Gasteiger partial charge in [0.1, 0.15) is 0 Å². The summed E-state index contributed by atoms with van der Waals surface area (Å²) in [7, 11) is 0. The zero-order valence-corrected chi connectivity index (χ0v) is 10.0. The molecular formula is C12H9BrN2O. The van der Waals surface area contributed by atoms with Gasteiger partial charge in [-0.3, -0.25) is 0 Å². The molecule has 2 aromatic heterocycles. The Morgan fingerprint density at radius 3 is 3.00 bits per heavy atom. The van der Waals surface area contributed by atoms with E-state index < -0.39 is 0 Å². The van der Waals surface area contributed by atoms with Crippen LogP contribution >= 0.6 is 15.9 Å². The maximum Gasteiger partial charge on any atom is 0.156 e. The first-order chi connectivity index (χ1) is 7.83. The van der Waals surface area contributed by atoms with Gasteiger partial charge in [-0.2, -0.15) is 0 Å². The van der Waals surface area contributed by atoms with Crippen LogP contribution in [-0.2, 0) is 6.54 Å². The molecule has 3 aromatic rings. The summed E-state index contributed by atoms with van der Waals surface area (Å²) < 4.78 is 8.32. The first kappa shape index (κ1) is 9.66. The molecule has 0 amide bonds. The molecule has 80 valence electrons. The summed E-state index contributed by atoms with van der Waals surface area (Å²) in [6, 6.07) is 10.2. The molecule has 0 atom stereocenters. The number of aromatic nitrogens is 2. The topological polar surface area (TPSA) is 31.0 Å². The van der Waals surface area contributed by atoms with Crippen LogP contribution in [0.2, 0.25) is 0 Å². The van der Waals surface area contributed by atoms with Crippen LogP contribution in [0.25, 0.3) is 10.9 Å². The van der Waals surface area contributed by atoms with Gasteiger partial charge in [0.2, 0.25) is 0 Å². The van der Waals surface area contributed by atoms with E-state index in [1.54, 1.807) is 6.20 Å². The van der Waals surface area contributed by atoms with Gasteiger partial charge in [-0.15, -0.1) is 0 Å².